The Hall–Kier alpha value is -1.75. The van der Waals surface area contributed by atoms with Crippen LogP contribution in [0.4, 0.5) is 10.1 Å². The Morgan fingerprint density at radius 3 is 2.65 bits per heavy atom. The average molecular weight is 446 g/mol. The third kappa shape index (κ3) is 3.68. The molecule has 3 rings (SSSR count). The van der Waals surface area contributed by atoms with E-state index in [9.17, 15) is 17.6 Å². The second-order valence-electron chi connectivity index (χ2n) is 6.39. The number of carbonyl (C=O) groups is 1. The van der Waals surface area contributed by atoms with Crippen LogP contribution in [-0.2, 0) is 21.8 Å². The number of aryl methyl sites for hydroxylation is 1. The Labute approximate surface area is 158 Å². The molecule has 26 heavy (non-hydrogen) atoms. The van der Waals surface area contributed by atoms with E-state index < -0.39 is 32.2 Å². The lowest BCUT2D eigenvalue weighted by atomic mass is 10.0. The topological polar surface area (TPSA) is 89.4 Å². The second-order valence-corrected chi connectivity index (χ2v) is 8.96. The fourth-order valence-corrected chi connectivity index (χ4v) is 4.52. The van der Waals surface area contributed by atoms with Gasteiger partial charge in [-0.2, -0.15) is 0 Å². The van der Waals surface area contributed by atoms with Crippen LogP contribution in [0.15, 0.2) is 39.8 Å². The quantitative estimate of drug-likeness (QED) is 0.738. The average Bonchev–Trinajstić information content (AvgIpc) is 2.81. The molecule has 0 unspecified atom stereocenters. The van der Waals surface area contributed by atoms with Gasteiger partial charge in [-0.3, -0.25) is 4.79 Å². The molecule has 2 heterocycles. The first kappa shape index (κ1) is 19.0. The van der Waals surface area contributed by atoms with Gasteiger partial charge < -0.3 is 14.6 Å². The molecule has 0 spiro atoms. The van der Waals surface area contributed by atoms with Crippen LogP contribution in [0.5, 0.6) is 0 Å². The lowest BCUT2D eigenvalue weighted by Gasteiger charge is -2.38. The van der Waals surface area contributed by atoms with Gasteiger partial charge in [0, 0.05) is 23.4 Å². The molecule has 1 aromatic heterocycles. The summed E-state index contributed by atoms with van der Waals surface area (Å²) >= 11 is 3.28. The van der Waals surface area contributed by atoms with Crippen molar-refractivity contribution in [3.63, 3.8) is 0 Å². The standard InChI is InChI=1S/C16H17BrFN3O4S/c1-16(8-25-9-16)20-26(23,24)12-7-21(2)14(13(12)18)15(22)19-11-5-3-4-10(17)6-11/h3-7,20H,8-9H2,1-2H3,(H,19,22). The number of amides is 1. The van der Waals surface area contributed by atoms with E-state index in [4.69, 9.17) is 4.74 Å². The summed E-state index contributed by atoms with van der Waals surface area (Å²) in [7, 11) is -2.73. The maximum Gasteiger partial charge on any atom is 0.275 e. The van der Waals surface area contributed by atoms with Gasteiger partial charge in [0.1, 0.15) is 10.6 Å². The van der Waals surface area contributed by atoms with Crippen molar-refractivity contribution < 1.29 is 22.3 Å². The van der Waals surface area contributed by atoms with Gasteiger partial charge in [-0.15, -0.1) is 0 Å². The van der Waals surface area contributed by atoms with Crippen LogP contribution in [0.25, 0.3) is 0 Å². The van der Waals surface area contributed by atoms with Crippen LogP contribution in [0.3, 0.4) is 0 Å². The highest BCUT2D eigenvalue weighted by molar-refractivity contribution is 9.10. The number of rotatable bonds is 5. The Balaban J connectivity index is 1.89. The van der Waals surface area contributed by atoms with Crippen molar-refractivity contribution >= 4 is 37.5 Å². The molecule has 0 radical (unpaired) electrons. The van der Waals surface area contributed by atoms with Crippen molar-refractivity contribution in [3.05, 3.63) is 46.4 Å². The summed E-state index contributed by atoms with van der Waals surface area (Å²) in [5.74, 6) is -1.85. The normalized spacial score (nSPS) is 16.2. The molecule has 10 heteroatoms. The molecule has 1 aliphatic heterocycles. The van der Waals surface area contributed by atoms with Crippen molar-refractivity contribution in [2.75, 3.05) is 18.5 Å². The predicted molar refractivity (Wildman–Crippen MR) is 97.0 cm³/mol. The lowest BCUT2D eigenvalue weighted by molar-refractivity contribution is -0.0523. The maximum absolute atomic E-state index is 14.8. The molecule has 1 amide bonds. The van der Waals surface area contributed by atoms with Crippen molar-refractivity contribution in [2.24, 2.45) is 7.05 Å². The molecule has 1 aromatic carbocycles. The highest BCUT2D eigenvalue weighted by atomic mass is 79.9. The number of aromatic nitrogens is 1. The number of halogens is 2. The number of sulfonamides is 1. The Bertz CT molecular complexity index is 970. The SMILES string of the molecule is Cn1cc(S(=O)(=O)NC2(C)COC2)c(F)c1C(=O)Nc1cccc(Br)c1. The molecule has 0 bridgehead atoms. The minimum Gasteiger partial charge on any atom is -0.377 e. The molecular formula is C16H17BrFN3O4S. The summed E-state index contributed by atoms with van der Waals surface area (Å²) < 4.78 is 49.1. The van der Waals surface area contributed by atoms with E-state index in [1.807, 2.05) is 0 Å². The monoisotopic (exact) mass is 445 g/mol. The van der Waals surface area contributed by atoms with Gasteiger partial charge in [-0.1, -0.05) is 22.0 Å². The number of nitrogens with one attached hydrogen (secondary N) is 2. The molecule has 2 aromatic rings. The lowest BCUT2D eigenvalue weighted by Crippen LogP contribution is -2.59. The van der Waals surface area contributed by atoms with E-state index in [1.165, 1.54) is 7.05 Å². The van der Waals surface area contributed by atoms with Gasteiger partial charge >= 0.3 is 0 Å². The van der Waals surface area contributed by atoms with E-state index in [-0.39, 0.29) is 18.9 Å². The molecule has 7 nitrogen and oxygen atoms in total. The fraction of sp³-hybridized carbons (Fsp3) is 0.312. The number of anilines is 1. The number of hydrogen-bond donors (Lipinski definition) is 2. The zero-order valence-corrected chi connectivity index (χ0v) is 16.4. The van der Waals surface area contributed by atoms with Crippen LogP contribution < -0.4 is 10.0 Å². The molecule has 140 valence electrons. The molecule has 1 aliphatic rings. The van der Waals surface area contributed by atoms with Crippen molar-refractivity contribution in [2.45, 2.75) is 17.4 Å². The fourth-order valence-electron chi connectivity index (χ4n) is 2.62. The van der Waals surface area contributed by atoms with E-state index in [2.05, 4.69) is 26.0 Å². The van der Waals surface area contributed by atoms with Gasteiger partial charge in [0.25, 0.3) is 5.91 Å². The minimum absolute atomic E-state index is 0.205. The molecule has 1 saturated heterocycles. The summed E-state index contributed by atoms with van der Waals surface area (Å²) in [4.78, 5) is 11.9. The molecule has 0 atom stereocenters. The summed E-state index contributed by atoms with van der Waals surface area (Å²) in [6.45, 7) is 2.07. The maximum atomic E-state index is 14.8. The molecule has 0 aliphatic carbocycles. The molecule has 2 N–H and O–H groups in total. The van der Waals surface area contributed by atoms with Crippen LogP contribution in [0.2, 0.25) is 0 Å². The van der Waals surface area contributed by atoms with Crippen LogP contribution in [-0.4, -0.2) is 37.6 Å². The highest BCUT2D eigenvalue weighted by Gasteiger charge is 2.39. The van der Waals surface area contributed by atoms with Gasteiger partial charge in [0.2, 0.25) is 10.0 Å². The van der Waals surface area contributed by atoms with E-state index >= 15 is 0 Å². The van der Waals surface area contributed by atoms with Crippen molar-refractivity contribution in [1.29, 1.82) is 0 Å². The Kier molecular flexibility index (Phi) is 4.95. The zero-order chi connectivity index (χ0) is 19.1. The predicted octanol–water partition coefficient (Wildman–Crippen LogP) is 2.25. The van der Waals surface area contributed by atoms with Crippen LogP contribution >= 0.6 is 15.9 Å². The summed E-state index contributed by atoms with van der Waals surface area (Å²) in [5.41, 5.74) is -0.702. The number of nitrogens with zero attached hydrogens (tertiary/aromatic N) is 1. The first-order valence-corrected chi connectivity index (χ1v) is 9.92. The van der Waals surface area contributed by atoms with E-state index in [1.54, 1.807) is 31.2 Å². The van der Waals surface area contributed by atoms with Crippen molar-refractivity contribution in [3.8, 4) is 0 Å². The molecule has 0 saturated carbocycles. The summed E-state index contributed by atoms with van der Waals surface area (Å²) in [6.07, 6.45) is 1.08. The first-order chi connectivity index (χ1) is 12.1. The number of carbonyl (C=O) groups excluding carboxylic acids is 1. The van der Waals surface area contributed by atoms with Crippen LogP contribution in [0.1, 0.15) is 17.4 Å². The summed E-state index contributed by atoms with van der Waals surface area (Å²) in [5, 5.41) is 2.55. The first-order valence-electron chi connectivity index (χ1n) is 7.65. The highest BCUT2D eigenvalue weighted by Crippen LogP contribution is 2.25. The molecular weight excluding hydrogens is 429 g/mol. The van der Waals surface area contributed by atoms with Crippen LogP contribution in [0, 0.1) is 5.82 Å². The number of hydrogen-bond acceptors (Lipinski definition) is 4. The van der Waals surface area contributed by atoms with Gasteiger partial charge in [0.15, 0.2) is 5.82 Å². The minimum atomic E-state index is -4.14. The Morgan fingerprint density at radius 2 is 2.08 bits per heavy atom. The Morgan fingerprint density at radius 1 is 1.38 bits per heavy atom. The number of ether oxygens (including phenoxy) is 1. The smallest absolute Gasteiger partial charge is 0.275 e. The van der Waals surface area contributed by atoms with E-state index in [0.29, 0.717) is 5.69 Å². The third-order valence-corrected chi connectivity index (χ3v) is 6.02. The van der Waals surface area contributed by atoms with Gasteiger partial charge in [-0.05, 0) is 25.1 Å². The molecule has 1 fully saturated rings. The van der Waals surface area contributed by atoms with Gasteiger partial charge in [-0.25, -0.2) is 17.5 Å². The largest absolute Gasteiger partial charge is 0.377 e. The van der Waals surface area contributed by atoms with Crippen molar-refractivity contribution in [1.82, 2.24) is 9.29 Å². The number of benzene rings is 1. The second kappa shape index (κ2) is 6.76. The third-order valence-electron chi connectivity index (χ3n) is 3.90. The summed E-state index contributed by atoms with van der Waals surface area (Å²) in [6, 6.07) is 6.78. The zero-order valence-electron chi connectivity index (χ0n) is 14.0. The van der Waals surface area contributed by atoms with E-state index in [0.717, 1.165) is 15.2 Å². The van der Waals surface area contributed by atoms with Gasteiger partial charge in [0.05, 0.1) is 18.8 Å².